The molecule has 2 fully saturated rings. The molecule has 2 aliphatic rings. The molecule has 2 amide bonds. The van der Waals surface area contributed by atoms with Crippen LogP contribution in [0.3, 0.4) is 0 Å². The average Bonchev–Trinajstić information content (AvgIpc) is 3.71. The summed E-state index contributed by atoms with van der Waals surface area (Å²) in [6, 6.07) is 5.82. The fourth-order valence-corrected chi connectivity index (χ4v) is 6.23. The standard InChI is InChI=1S/C29H31ClF2N8O3/c1-17(2)10-37-11-18-13-38(14-19(18)12-37)25(41)16-39-15-23(35-28(42)22-9-34-40-7-3-6-33-27(22)40)26(36-39)21-8-20(30)4-5-24(21)43-29(31)32/h3-9,15,17-19,29H,10-14,16H2,1-2H3,(H,35,42). The Kier molecular flexibility index (Phi) is 8.01. The summed E-state index contributed by atoms with van der Waals surface area (Å²) >= 11 is 6.22. The van der Waals surface area contributed by atoms with Crippen molar-refractivity contribution >= 4 is 34.7 Å². The number of carbonyl (C=O) groups excluding carboxylic acids is 2. The summed E-state index contributed by atoms with van der Waals surface area (Å²) in [5.41, 5.74) is 0.956. The van der Waals surface area contributed by atoms with Gasteiger partial charge in [0, 0.05) is 61.9 Å². The lowest BCUT2D eigenvalue weighted by atomic mass is 10.0. The molecule has 6 rings (SSSR count). The first kappa shape index (κ1) is 29.0. The van der Waals surface area contributed by atoms with Crippen LogP contribution in [0.25, 0.3) is 16.9 Å². The number of aromatic nitrogens is 5. The zero-order valence-electron chi connectivity index (χ0n) is 23.7. The van der Waals surface area contributed by atoms with Gasteiger partial charge in [0.1, 0.15) is 23.6 Å². The van der Waals surface area contributed by atoms with E-state index in [0.717, 1.165) is 19.6 Å². The Labute approximate surface area is 251 Å². The van der Waals surface area contributed by atoms with E-state index in [0.29, 0.717) is 36.5 Å². The molecule has 1 N–H and O–H groups in total. The van der Waals surface area contributed by atoms with Gasteiger partial charge in [0.05, 0.1) is 11.9 Å². The molecule has 11 nitrogen and oxygen atoms in total. The lowest BCUT2D eigenvalue weighted by Gasteiger charge is -2.22. The van der Waals surface area contributed by atoms with Crippen molar-refractivity contribution in [3.63, 3.8) is 0 Å². The van der Waals surface area contributed by atoms with Crippen LogP contribution in [-0.2, 0) is 11.3 Å². The van der Waals surface area contributed by atoms with Crippen LogP contribution in [0.4, 0.5) is 14.5 Å². The second kappa shape index (κ2) is 11.9. The molecule has 3 aromatic heterocycles. The molecule has 2 unspecified atom stereocenters. The second-order valence-corrected chi connectivity index (χ2v) is 11.9. The van der Waals surface area contributed by atoms with Crippen LogP contribution in [0.5, 0.6) is 5.75 Å². The van der Waals surface area contributed by atoms with Crippen LogP contribution in [0, 0.1) is 17.8 Å². The number of carbonyl (C=O) groups is 2. The highest BCUT2D eigenvalue weighted by molar-refractivity contribution is 6.31. The third kappa shape index (κ3) is 6.18. The number of nitrogens with zero attached hydrogens (tertiary/aromatic N) is 7. The van der Waals surface area contributed by atoms with Gasteiger partial charge in [-0.3, -0.25) is 14.3 Å². The Hall–Kier alpha value is -4.10. The van der Waals surface area contributed by atoms with Gasteiger partial charge < -0.3 is 19.9 Å². The number of ether oxygens (including phenoxy) is 1. The van der Waals surface area contributed by atoms with E-state index in [9.17, 15) is 18.4 Å². The highest BCUT2D eigenvalue weighted by atomic mass is 35.5. The predicted molar refractivity (Wildman–Crippen MR) is 155 cm³/mol. The van der Waals surface area contributed by atoms with Crippen molar-refractivity contribution in [2.45, 2.75) is 27.0 Å². The van der Waals surface area contributed by atoms with Gasteiger partial charge in [-0.1, -0.05) is 25.4 Å². The number of hydrogen-bond acceptors (Lipinski definition) is 7. The predicted octanol–water partition coefficient (Wildman–Crippen LogP) is 4.15. The van der Waals surface area contributed by atoms with Gasteiger partial charge in [0.25, 0.3) is 5.91 Å². The smallest absolute Gasteiger partial charge is 0.387 e. The number of likely N-dealkylation sites (tertiary alicyclic amines) is 2. The topological polar surface area (TPSA) is 110 Å². The van der Waals surface area contributed by atoms with Crippen molar-refractivity contribution in [2.75, 3.05) is 38.0 Å². The van der Waals surface area contributed by atoms with Crippen molar-refractivity contribution in [1.29, 1.82) is 0 Å². The number of anilines is 1. The summed E-state index contributed by atoms with van der Waals surface area (Å²) in [5.74, 6) is 0.630. The molecule has 14 heteroatoms. The van der Waals surface area contributed by atoms with E-state index in [4.69, 9.17) is 16.3 Å². The minimum atomic E-state index is -3.10. The average molecular weight is 613 g/mol. The molecule has 0 bridgehead atoms. The summed E-state index contributed by atoms with van der Waals surface area (Å²) in [4.78, 5) is 35.3. The Morgan fingerprint density at radius 2 is 1.93 bits per heavy atom. The molecule has 4 aromatic rings. The molecular formula is C29H31ClF2N8O3. The Morgan fingerprint density at radius 3 is 2.65 bits per heavy atom. The highest BCUT2D eigenvalue weighted by Crippen LogP contribution is 2.37. The minimum Gasteiger partial charge on any atom is -0.434 e. The number of rotatable bonds is 9. The SMILES string of the molecule is CC(C)CN1CC2CN(C(=O)Cn3cc(NC(=O)c4cnn5cccnc45)c(-c4cc(Cl)ccc4OC(F)F)n3)CC2C1. The van der Waals surface area contributed by atoms with Gasteiger partial charge in [-0.25, -0.2) is 9.50 Å². The van der Waals surface area contributed by atoms with Crippen molar-refractivity contribution in [3.05, 3.63) is 59.6 Å². The molecule has 226 valence electrons. The van der Waals surface area contributed by atoms with E-state index in [2.05, 4.69) is 39.2 Å². The van der Waals surface area contributed by atoms with E-state index in [-0.39, 0.29) is 45.7 Å². The Balaban J connectivity index is 1.26. The van der Waals surface area contributed by atoms with E-state index in [1.54, 1.807) is 12.3 Å². The molecule has 2 aliphatic heterocycles. The zero-order valence-corrected chi connectivity index (χ0v) is 24.4. The molecule has 2 atom stereocenters. The minimum absolute atomic E-state index is 0.0953. The van der Waals surface area contributed by atoms with Crippen LogP contribution < -0.4 is 10.1 Å². The van der Waals surface area contributed by atoms with Crippen molar-refractivity contribution in [3.8, 4) is 17.0 Å². The normalized spacial score (nSPS) is 18.6. The molecule has 0 radical (unpaired) electrons. The number of amides is 2. The van der Waals surface area contributed by atoms with Crippen molar-refractivity contribution in [2.24, 2.45) is 17.8 Å². The summed E-state index contributed by atoms with van der Waals surface area (Å²) in [6.45, 7) is 5.59. The fraction of sp³-hybridized carbons (Fsp3) is 0.414. The van der Waals surface area contributed by atoms with Crippen molar-refractivity contribution < 1.29 is 23.1 Å². The third-order valence-corrected chi connectivity index (χ3v) is 8.02. The van der Waals surface area contributed by atoms with E-state index in [1.165, 1.54) is 46.0 Å². The largest absolute Gasteiger partial charge is 0.434 e. The first-order valence-corrected chi connectivity index (χ1v) is 14.4. The number of nitrogens with one attached hydrogen (secondary N) is 1. The summed E-state index contributed by atoms with van der Waals surface area (Å²) in [5, 5.41) is 11.7. The Morgan fingerprint density at radius 1 is 1.16 bits per heavy atom. The van der Waals surface area contributed by atoms with Crippen LogP contribution in [0.15, 0.2) is 49.1 Å². The molecule has 0 aliphatic carbocycles. The van der Waals surface area contributed by atoms with Crippen LogP contribution in [-0.4, -0.2) is 85.3 Å². The van der Waals surface area contributed by atoms with Crippen LogP contribution >= 0.6 is 11.6 Å². The number of fused-ring (bicyclic) bond motifs is 2. The highest BCUT2D eigenvalue weighted by Gasteiger charge is 2.41. The number of halogens is 3. The molecular weight excluding hydrogens is 582 g/mol. The quantitative estimate of drug-likeness (QED) is 0.302. The van der Waals surface area contributed by atoms with E-state index < -0.39 is 12.5 Å². The lowest BCUT2D eigenvalue weighted by Crippen LogP contribution is -2.36. The van der Waals surface area contributed by atoms with Gasteiger partial charge in [0.15, 0.2) is 5.65 Å². The molecule has 5 heterocycles. The molecule has 0 saturated carbocycles. The first-order valence-electron chi connectivity index (χ1n) is 14.1. The summed E-state index contributed by atoms with van der Waals surface area (Å²) in [6.07, 6.45) is 6.07. The maximum Gasteiger partial charge on any atom is 0.387 e. The molecule has 0 spiro atoms. The second-order valence-electron chi connectivity index (χ2n) is 11.4. The maximum atomic E-state index is 13.4. The molecule has 1 aromatic carbocycles. The summed E-state index contributed by atoms with van der Waals surface area (Å²) in [7, 11) is 0. The zero-order chi connectivity index (χ0) is 30.2. The molecule has 2 saturated heterocycles. The molecule has 43 heavy (non-hydrogen) atoms. The van der Waals surface area contributed by atoms with Gasteiger partial charge in [0.2, 0.25) is 5.91 Å². The van der Waals surface area contributed by atoms with Gasteiger partial charge in [-0.2, -0.15) is 19.0 Å². The van der Waals surface area contributed by atoms with Gasteiger partial charge in [-0.05, 0) is 42.0 Å². The number of benzene rings is 1. The third-order valence-electron chi connectivity index (χ3n) is 7.78. The van der Waals surface area contributed by atoms with Gasteiger partial charge >= 0.3 is 6.61 Å². The van der Waals surface area contributed by atoms with Crippen LogP contribution in [0.1, 0.15) is 24.2 Å². The fourth-order valence-electron chi connectivity index (χ4n) is 6.05. The lowest BCUT2D eigenvalue weighted by molar-refractivity contribution is -0.131. The summed E-state index contributed by atoms with van der Waals surface area (Å²) < 4.78 is 34.1. The number of hydrogen-bond donors (Lipinski definition) is 1. The first-order chi connectivity index (χ1) is 20.6. The van der Waals surface area contributed by atoms with Gasteiger partial charge in [-0.15, -0.1) is 0 Å². The monoisotopic (exact) mass is 612 g/mol. The Bertz CT molecular complexity index is 1640. The van der Waals surface area contributed by atoms with Crippen molar-refractivity contribution in [1.82, 2.24) is 34.2 Å². The van der Waals surface area contributed by atoms with Crippen LogP contribution in [0.2, 0.25) is 5.02 Å². The maximum absolute atomic E-state index is 13.4. The van der Waals surface area contributed by atoms with E-state index >= 15 is 0 Å². The van der Waals surface area contributed by atoms with E-state index in [1.807, 2.05) is 4.90 Å². The number of alkyl halides is 2.